The number of ether oxygens (including phenoxy) is 1. The van der Waals surface area contributed by atoms with Crippen LogP contribution in [-0.4, -0.2) is 32.1 Å². The first-order valence-corrected chi connectivity index (χ1v) is 10.1. The summed E-state index contributed by atoms with van der Waals surface area (Å²) in [4.78, 5) is 14.4. The average Bonchev–Trinajstić information content (AvgIpc) is 2.68. The summed E-state index contributed by atoms with van der Waals surface area (Å²) in [7, 11) is 0. The van der Waals surface area contributed by atoms with Gasteiger partial charge < -0.3 is 15.0 Å². The minimum atomic E-state index is -0.175. The lowest BCUT2D eigenvalue weighted by atomic mass is 10.1. The number of nitrogens with one attached hydrogen (secondary N) is 1. The monoisotopic (exact) mass is 406 g/mol. The number of hydrogen-bond donors (Lipinski definition) is 1. The molecule has 1 N–H and O–H groups in total. The Kier molecular flexibility index (Phi) is 7.25. The van der Waals surface area contributed by atoms with Gasteiger partial charge >= 0.3 is 0 Å². The van der Waals surface area contributed by atoms with Crippen molar-refractivity contribution in [2.75, 3.05) is 31.1 Å². The van der Waals surface area contributed by atoms with Gasteiger partial charge in [-0.25, -0.2) is 0 Å². The Morgan fingerprint density at radius 1 is 1.04 bits per heavy atom. The van der Waals surface area contributed by atoms with Crippen LogP contribution in [0.4, 0.5) is 5.69 Å². The molecular formula is C21H24Cl2N2O2. The first-order valence-electron chi connectivity index (χ1n) is 9.30. The second-order valence-electron chi connectivity index (χ2n) is 6.68. The molecule has 0 saturated carbocycles. The van der Waals surface area contributed by atoms with Gasteiger partial charge in [-0.2, -0.15) is 0 Å². The predicted octanol–water partition coefficient (Wildman–Crippen LogP) is 4.72. The molecular weight excluding hydrogens is 383 g/mol. The molecule has 1 aliphatic rings. The highest BCUT2D eigenvalue weighted by Crippen LogP contribution is 2.27. The summed E-state index contributed by atoms with van der Waals surface area (Å²) in [5, 5.41) is 3.79. The molecule has 0 bridgehead atoms. The Balaban J connectivity index is 1.39. The number of amides is 1. The van der Waals surface area contributed by atoms with Crippen molar-refractivity contribution in [2.45, 2.75) is 25.7 Å². The van der Waals surface area contributed by atoms with Crippen LogP contribution in [0.15, 0.2) is 42.5 Å². The summed E-state index contributed by atoms with van der Waals surface area (Å²) >= 11 is 11.9. The standard InChI is InChI=1S/C21H24Cl2N2O2/c22-17-6-9-20(19(23)14-17)27-15-21(26)24-11-10-16-4-7-18(8-5-16)25-12-2-1-3-13-25/h4-9,14H,1-3,10-13,15H2,(H,24,26). The molecule has 4 nitrogen and oxygen atoms in total. The number of anilines is 1. The molecule has 0 atom stereocenters. The van der Waals surface area contributed by atoms with Gasteiger partial charge in [-0.05, 0) is 61.6 Å². The first kappa shape index (κ1) is 19.8. The van der Waals surface area contributed by atoms with Gasteiger partial charge in [0.1, 0.15) is 5.75 Å². The van der Waals surface area contributed by atoms with E-state index < -0.39 is 0 Å². The van der Waals surface area contributed by atoms with Gasteiger partial charge in [0, 0.05) is 30.3 Å². The third-order valence-electron chi connectivity index (χ3n) is 4.65. The number of nitrogens with zero attached hydrogens (tertiary/aromatic N) is 1. The van der Waals surface area contributed by atoms with Crippen LogP contribution in [0, 0.1) is 0 Å². The van der Waals surface area contributed by atoms with Gasteiger partial charge in [-0.3, -0.25) is 4.79 Å². The van der Waals surface area contributed by atoms with Crippen LogP contribution in [0.3, 0.4) is 0 Å². The molecule has 0 unspecified atom stereocenters. The van der Waals surface area contributed by atoms with E-state index >= 15 is 0 Å². The molecule has 2 aromatic rings. The Morgan fingerprint density at radius 2 is 1.78 bits per heavy atom. The Labute approximate surface area is 170 Å². The zero-order valence-corrected chi connectivity index (χ0v) is 16.7. The Morgan fingerprint density at radius 3 is 2.48 bits per heavy atom. The third-order valence-corrected chi connectivity index (χ3v) is 5.18. The summed E-state index contributed by atoms with van der Waals surface area (Å²) < 4.78 is 5.43. The summed E-state index contributed by atoms with van der Waals surface area (Å²) in [5.41, 5.74) is 2.49. The summed E-state index contributed by atoms with van der Waals surface area (Å²) in [5.74, 6) is 0.274. The van der Waals surface area contributed by atoms with E-state index in [1.165, 1.54) is 30.5 Å². The maximum atomic E-state index is 11.9. The van der Waals surface area contributed by atoms with Crippen LogP contribution >= 0.6 is 23.2 Å². The maximum absolute atomic E-state index is 11.9. The molecule has 6 heteroatoms. The lowest BCUT2D eigenvalue weighted by molar-refractivity contribution is -0.123. The number of carbonyl (C=O) groups excluding carboxylic acids is 1. The summed E-state index contributed by atoms with van der Waals surface area (Å²) in [6.07, 6.45) is 4.67. The van der Waals surface area contributed by atoms with Crippen LogP contribution in [0.1, 0.15) is 24.8 Å². The molecule has 0 aliphatic carbocycles. The van der Waals surface area contributed by atoms with Gasteiger partial charge in [0.15, 0.2) is 6.61 Å². The normalized spacial score (nSPS) is 14.1. The molecule has 0 radical (unpaired) electrons. The third kappa shape index (κ3) is 6.05. The smallest absolute Gasteiger partial charge is 0.257 e. The number of halogens is 2. The van der Waals surface area contributed by atoms with Crippen molar-refractivity contribution in [3.8, 4) is 5.75 Å². The minimum Gasteiger partial charge on any atom is -0.482 e. The molecule has 0 spiro atoms. The van der Waals surface area contributed by atoms with Crippen LogP contribution < -0.4 is 15.0 Å². The fraction of sp³-hybridized carbons (Fsp3) is 0.381. The van der Waals surface area contributed by atoms with Crippen molar-refractivity contribution in [3.05, 3.63) is 58.1 Å². The number of rotatable bonds is 7. The van der Waals surface area contributed by atoms with Crippen LogP contribution in [0.25, 0.3) is 0 Å². The molecule has 1 aliphatic heterocycles. The average molecular weight is 407 g/mol. The number of piperidine rings is 1. The van der Waals surface area contributed by atoms with Crippen molar-refractivity contribution in [3.63, 3.8) is 0 Å². The lowest BCUT2D eigenvalue weighted by Crippen LogP contribution is -2.30. The second kappa shape index (κ2) is 9.86. The van der Waals surface area contributed by atoms with Crippen LogP contribution in [0.2, 0.25) is 10.0 Å². The first-order chi connectivity index (χ1) is 13.1. The van der Waals surface area contributed by atoms with Gasteiger partial charge in [0.2, 0.25) is 0 Å². The quantitative estimate of drug-likeness (QED) is 0.722. The van der Waals surface area contributed by atoms with E-state index in [2.05, 4.69) is 34.5 Å². The zero-order valence-electron chi connectivity index (χ0n) is 15.2. The Hall–Kier alpha value is -1.91. The molecule has 1 amide bonds. The molecule has 1 fully saturated rings. The van der Waals surface area contributed by atoms with Crippen LogP contribution in [0.5, 0.6) is 5.75 Å². The largest absolute Gasteiger partial charge is 0.482 e. The van der Waals surface area contributed by atoms with Crippen LogP contribution in [-0.2, 0) is 11.2 Å². The SMILES string of the molecule is O=C(COc1ccc(Cl)cc1Cl)NCCc1ccc(N2CCCCC2)cc1. The maximum Gasteiger partial charge on any atom is 0.257 e. The van der Waals surface area contributed by atoms with Gasteiger partial charge in [-0.1, -0.05) is 35.3 Å². The van der Waals surface area contributed by atoms with E-state index in [0.29, 0.717) is 22.3 Å². The molecule has 27 heavy (non-hydrogen) atoms. The molecule has 0 aromatic heterocycles. The van der Waals surface area contributed by atoms with Gasteiger partial charge in [0.05, 0.1) is 5.02 Å². The van der Waals surface area contributed by atoms with E-state index in [-0.39, 0.29) is 12.5 Å². The Bertz CT molecular complexity index is 759. The fourth-order valence-corrected chi connectivity index (χ4v) is 3.62. The van der Waals surface area contributed by atoms with Crippen molar-refractivity contribution in [2.24, 2.45) is 0 Å². The summed E-state index contributed by atoms with van der Waals surface area (Å²) in [6.45, 7) is 2.79. The van der Waals surface area contributed by atoms with E-state index in [1.807, 2.05) is 0 Å². The molecule has 1 heterocycles. The molecule has 1 saturated heterocycles. The van der Waals surface area contributed by atoms with Crippen molar-refractivity contribution in [1.82, 2.24) is 5.32 Å². The van der Waals surface area contributed by atoms with Crippen molar-refractivity contribution >= 4 is 34.8 Å². The highest BCUT2D eigenvalue weighted by atomic mass is 35.5. The van der Waals surface area contributed by atoms with E-state index in [9.17, 15) is 4.79 Å². The van der Waals surface area contributed by atoms with Crippen molar-refractivity contribution < 1.29 is 9.53 Å². The highest BCUT2D eigenvalue weighted by Gasteiger charge is 2.10. The topological polar surface area (TPSA) is 41.6 Å². The highest BCUT2D eigenvalue weighted by molar-refractivity contribution is 6.35. The van der Waals surface area contributed by atoms with Gasteiger partial charge in [0.25, 0.3) is 5.91 Å². The van der Waals surface area contributed by atoms with E-state index in [1.54, 1.807) is 18.2 Å². The molecule has 144 valence electrons. The predicted molar refractivity (Wildman–Crippen MR) is 111 cm³/mol. The summed E-state index contributed by atoms with van der Waals surface area (Å²) in [6, 6.07) is 13.5. The van der Waals surface area contributed by atoms with Gasteiger partial charge in [-0.15, -0.1) is 0 Å². The number of hydrogen-bond acceptors (Lipinski definition) is 3. The molecule has 2 aromatic carbocycles. The zero-order chi connectivity index (χ0) is 19.1. The van der Waals surface area contributed by atoms with E-state index in [0.717, 1.165) is 19.5 Å². The lowest BCUT2D eigenvalue weighted by Gasteiger charge is -2.28. The molecule has 3 rings (SSSR count). The van der Waals surface area contributed by atoms with E-state index in [4.69, 9.17) is 27.9 Å². The number of benzene rings is 2. The minimum absolute atomic E-state index is 0.0742. The second-order valence-corrected chi connectivity index (χ2v) is 7.52. The fourth-order valence-electron chi connectivity index (χ4n) is 3.16. The van der Waals surface area contributed by atoms with Crippen molar-refractivity contribution in [1.29, 1.82) is 0 Å². The number of carbonyl (C=O) groups is 1.